The fraction of sp³-hybridized carbons (Fsp3) is 0.583. The van der Waals surface area contributed by atoms with Gasteiger partial charge in [-0.2, -0.15) is 0 Å². The van der Waals surface area contributed by atoms with Gasteiger partial charge in [0.05, 0.1) is 5.02 Å². The number of alkyl halides is 1. The second kappa shape index (κ2) is 4.19. The van der Waals surface area contributed by atoms with Crippen molar-refractivity contribution in [3.05, 3.63) is 23.4 Å². The molecule has 2 saturated heterocycles. The number of aromatic nitrogens is 1. The highest BCUT2D eigenvalue weighted by Crippen LogP contribution is 2.42. The molecule has 3 heterocycles. The van der Waals surface area contributed by atoms with E-state index in [0.29, 0.717) is 16.9 Å². The van der Waals surface area contributed by atoms with E-state index in [-0.39, 0.29) is 0 Å². The van der Waals surface area contributed by atoms with Crippen LogP contribution in [-0.4, -0.2) is 21.9 Å². The molecule has 4 heteroatoms. The van der Waals surface area contributed by atoms with Crippen molar-refractivity contribution in [2.45, 2.75) is 42.6 Å². The average Bonchev–Trinajstić information content (AvgIpc) is 2.53. The van der Waals surface area contributed by atoms with Crippen LogP contribution in [0.15, 0.2) is 18.3 Å². The van der Waals surface area contributed by atoms with Crippen molar-refractivity contribution < 1.29 is 0 Å². The zero-order chi connectivity index (χ0) is 11.1. The zero-order valence-corrected chi connectivity index (χ0v) is 11.3. The quantitative estimate of drug-likeness (QED) is 0.736. The Morgan fingerprint density at radius 3 is 2.62 bits per heavy atom. The van der Waals surface area contributed by atoms with E-state index in [4.69, 9.17) is 11.6 Å². The molecule has 1 aromatic rings. The maximum atomic E-state index is 6.24. The van der Waals surface area contributed by atoms with Crippen molar-refractivity contribution in [3.8, 4) is 0 Å². The summed E-state index contributed by atoms with van der Waals surface area (Å²) in [5, 5.41) is 0.785. The molecule has 0 N–H and O–H groups in total. The number of nitrogens with zero attached hydrogens (tertiary/aromatic N) is 2. The number of halogens is 2. The Bertz CT molecular complexity index is 384. The summed E-state index contributed by atoms with van der Waals surface area (Å²) in [5.74, 6) is 0.982. The van der Waals surface area contributed by atoms with Crippen LogP contribution in [0, 0.1) is 0 Å². The van der Waals surface area contributed by atoms with E-state index in [9.17, 15) is 0 Å². The summed E-state index contributed by atoms with van der Waals surface area (Å²) in [6, 6.07) is 5.07. The summed E-state index contributed by atoms with van der Waals surface area (Å²) in [4.78, 5) is 7.56. The van der Waals surface area contributed by atoms with Crippen molar-refractivity contribution in [1.82, 2.24) is 4.98 Å². The van der Waals surface area contributed by atoms with Crippen molar-refractivity contribution in [2.75, 3.05) is 4.90 Å². The minimum Gasteiger partial charge on any atom is -0.349 e. The Kier molecular flexibility index (Phi) is 2.84. The summed E-state index contributed by atoms with van der Waals surface area (Å²) in [7, 11) is 0. The second-order valence-corrected chi connectivity index (χ2v) is 6.37. The maximum absolute atomic E-state index is 6.24. The van der Waals surface area contributed by atoms with E-state index < -0.39 is 0 Å². The van der Waals surface area contributed by atoms with Crippen LogP contribution >= 0.6 is 27.5 Å². The maximum Gasteiger partial charge on any atom is 0.147 e. The first-order valence-electron chi connectivity index (χ1n) is 5.78. The molecule has 86 valence electrons. The number of anilines is 1. The lowest BCUT2D eigenvalue weighted by Gasteiger charge is -2.38. The Balaban J connectivity index is 1.94. The number of fused-ring (bicyclic) bond motifs is 2. The van der Waals surface area contributed by atoms with Crippen molar-refractivity contribution in [3.63, 3.8) is 0 Å². The number of rotatable bonds is 1. The van der Waals surface area contributed by atoms with Gasteiger partial charge in [0, 0.05) is 23.1 Å². The van der Waals surface area contributed by atoms with Gasteiger partial charge in [-0.15, -0.1) is 0 Å². The Hall–Kier alpha value is -0.280. The standard InChI is InChI=1S/C12H14BrClN2/c13-8-6-9-3-4-10(7-8)16(9)12-11(14)2-1-5-15-12/h1-2,5,8-10H,3-4,6-7H2. The Morgan fingerprint density at radius 1 is 1.31 bits per heavy atom. The molecule has 0 aliphatic carbocycles. The first-order chi connectivity index (χ1) is 7.75. The minimum atomic E-state index is 0.621. The van der Waals surface area contributed by atoms with Crippen molar-refractivity contribution in [1.29, 1.82) is 0 Å². The molecule has 2 unspecified atom stereocenters. The number of hydrogen-bond acceptors (Lipinski definition) is 2. The number of pyridine rings is 1. The molecule has 2 fully saturated rings. The van der Waals surface area contributed by atoms with Gasteiger partial charge in [-0.1, -0.05) is 27.5 Å². The van der Waals surface area contributed by atoms with E-state index in [0.717, 1.165) is 10.8 Å². The smallest absolute Gasteiger partial charge is 0.147 e. The first-order valence-corrected chi connectivity index (χ1v) is 7.08. The molecule has 16 heavy (non-hydrogen) atoms. The summed E-state index contributed by atoms with van der Waals surface area (Å²) in [6.45, 7) is 0. The summed E-state index contributed by atoms with van der Waals surface area (Å²) >= 11 is 9.98. The van der Waals surface area contributed by atoms with Gasteiger partial charge >= 0.3 is 0 Å². The minimum absolute atomic E-state index is 0.621. The van der Waals surface area contributed by atoms with Crippen LogP contribution in [0.5, 0.6) is 0 Å². The fourth-order valence-electron chi connectivity index (χ4n) is 3.02. The largest absolute Gasteiger partial charge is 0.349 e. The van der Waals surface area contributed by atoms with Crippen LogP contribution in [0.25, 0.3) is 0 Å². The van der Waals surface area contributed by atoms with Crippen LogP contribution in [-0.2, 0) is 0 Å². The Labute approximate surface area is 109 Å². The highest BCUT2D eigenvalue weighted by atomic mass is 79.9. The molecule has 2 aliphatic heterocycles. The molecule has 0 saturated carbocycles. The van der Waals surface area contributed by atoms with Gasteiger partial charge in [0.1, 0.15) is 5.82 Å². The van der Waals surface area contributed by atoms with E-state index in [1.54, 1.807) is 0 Å². The lowest BCUT2D eigenvalue weighted by Crippen LogP contribution is -2.43. The topological polar surface area (TPSA) is 16.1 Å². The third kappa shape index (κ3) is 1.74. The van der Waals surface area contributed by atoms with Crippen LogP contribution in [0.2, 0.25) is 5.02 Å². The van der Waals surface area contributed by atoms with Crippen LogP contribution in [0.4, 0.5) is 5.82 Å². The summed E-state index contributed by atoms with van der Waals surface area (Å²) < 4.78 is 0. The lowest BCUT2D eigenvalue weighted by atomic mass is 10.0. The molecule has 0 aromatic carbocycles. The predicted octanol–water partition coefficient (Wildman–Crippen LogP) is 3.63. The predicted molar refractivity (Wildman–Crippen MR) is 70.5 cm³/mol. The third-order valence-electron chi connectivity index (χ3n) is 3.66. The number of piperidine rings is 1. The highest BCUT2D eigenvalue weighted by Gasteiger charge is 2.41. The summed E-state index contributed by atoms with van der Waals surface area (Å²) in [5.41, 5.74) is 0. The molecule has 1 aromatic heterocycles. The van der Waals surface area contributed by atoms with Gasteiger partial charge < -0.3 is 4.90 Å². The van der Waals surface area contributed by atoms with Crippen molar-refractivity contribution >= 4 is 33.3 Å². The second-order valence-electron chi connectivity index (χ2n) is 4.67. The number of hydrogen-bond donors (Lipinski definition) is 0. The van der Waals surface area contributed by atoms with Gasteiger partial charge in [0.2, 0.25) is 0 Å². The van der Waals surface area contributed by atoms with E-state index in [1.165, 1.54) is 25.7 Å². The Morgan fingerprint density at radius 2 is 2.00 bits per heavy atom. The third-order valence-corrected chi connectivity index (χ3v) is 4.70. The SMILES string of the molecule is Clc1cccnc1N1C2CCC1CC(Br)C2. The van der Waals surface area contributed by atoms with Gasteiger partial charge in [-0.05, 0) is 37.8 Å². The van der Waals surface area contributed by atoms with Crippen LogP contribution < -0.4 is 4.90 Å². The fourth-order valence-corrected chi connectivity index (χ4v) is 4.11. The normalized spacial score (nSPS) is 33.1. The van der Waals surface area contributed by atoms with Crippen LogP contribution in [0.1, 0.15) is 25.7 Å². The first kappa shape index (κ1) is 10.8. The molecule has 3 rings (SSSR count). The van der Waals surface area contributed by atoms with Crippen molar-refractivity contribution in [2.24, 2.45) is 0 Å². The molecular weight excluding hydrogens is 288 g/mol. The van der Waals surface area contributed by atoms with Gasteiger partial charge in [0.15, 0.2) is 0 Å². The molecule has 0 radical (unpaired) electrons. The average molecular weight is 302 g/mol. The molecular formula is C12H14BrClN2. The van der Waals surface area contributed by atoms with E-state index in [2.05, 4.69) is 25.8 Å². The van der Waals surface area contributed by atoms with Crippen LogP contribution in [0.3, 0.4) is 0 Å². The monoisotopic (exact) mass is 300 g/mol. The molecule has 2 bridgehead atoms. The summed E-state index contributed by atoms with van der Waals surface area (Å²) in [6.07, 6.45) is 6.81. The lowest BCUT2D eigenvalue weighted by molar-refractivity contribution is 0.479. The zero-order valence-electron chi connectivity index (χ0n) is 8.94. The van der Waals surface area contributed by atoms with Gasteiger partial charge in [-0.25, -0.2) is 4.98 Å². The molecule has 2 aliphatic rings. The molecule has 2 nitrogen and oxygen atoms in total. The molecule has 2 atom stereocenters. The van der Waals surface area contributed by atoms with Gasteiger partial charge in [-0.3, -0.25) is 0 Å². The van der Waals surface area contributed by atoms with Gasteiger partial charge in [0.25, 0.3) is 0 Å². The van der Waals surface area contributed by atoms with E-state index >= 15 is 0 Å². The molecule has 0 amide bonds. The highest BCUT2D eigenvalue weighted by molar-refractivity contribution is 9.09. The molecule has 0 spiro atoms. The van der Waals surface area contributed by atoms with E-state index in [1.807, 2.05) is 18.3 Å².